The third-order valence-electron chi connectivity index (χ3n) is 6.22. The van der Waals surface area contributed by atoms with Gasteiger partial charge >= 0.3 is 0 Å². The molecule has 1 atom stereocenters. The van der Waals surface area contributed by atoms with E-state index >= 15 is 0 Å². The Morgan fingerprint density at radius 1 is 1.06 bits per heavy atom. The van der Waals surface area contributed by atoms with Gasteiger partial charge in [-0.25, -0.2) is 19.9 Å². The van der Waals surface area contributed by atoms with Gasteiger partial charge in [0.05, 0.1) is 17.4 Å². The van der Waals surface area contributed by atoms with Crippen molar-refractivity contribution >= 4 is 28.1 Å². The summed E-state index contributed by atoms with van der Waals surface area (Å²) in [5.74, 6) is 1.48. The van der Waals surface area contributed by atoms with Gasteiger partial charge in [-0.3, -0.25) is 0 Å². The topological polar surface area (TPSA) is 100 Å². The highest BCUT2D eigenvalue weighted by atomic mass is 16.3. The Bertz CT molecular complexity index is 1310. The SMILES string of the molecule is Cc1nc2c(C)c(O)c(-c3ccc4nc(N5CCC(NC6CC6)C5)ncc4n3)cc2o1. The fourth-order valence-corrected chi connectivity index (χ4v) is 4.39. The van der Waals surface area contributed by atoms with Crippen LogP contribution in [0.3, 0.4) is 0 Å². The summed E-state index contributed by atoms with van der Waals surface area (Å²) in [4.78, 5) is 20.6. The standard InChI is InChI=1S/C23H24N6O2/c1-12-21-20(31-13(2)25-21)9-16(22(12)30)17-5-6-18-19(27-17)10-24-23(28-18)29-8-7-15(11-29)26-14-3-4-14/h5-6,9-10,14-15,26,30H,3-4,7-8,11H2,1-2H3. The Labute approximate surface area is 179 Å². The van der Waals surface area contributed by atoms with Crippen molar-refractivity contribution in [2.24, 2.45) is 0 Å². The van der Waals surface area contributed by atoms with E-state index in [9.17, 15) is 5.11 Å². The number of aromatic nitrogens is 4. The van der Waals surface area contributed by atoms with Gasteiger partial charge in [0.2, 0.25) is 5.95 Å². The van der Waals surface area contributed by atoms with Crippen LogP contribution in [-0.4, -0.2) is 50.2 Å². The summed E-state index contributed by atoms with van der Waals surface area (Å²) >= 11 is 0. The van der Waals surface area contributed by atoms with Crippen LogP contribution in [0.2, 0.25) is 0 Å². The molecule has 158 valence electrons. The second-order valence-corrected chi connectivity index (χ2v) is 8.62. The van der Waals surface area contributed by atoms with Gasteiger partial charge in [0.1, 0.15) is 16.8 Å². The van der Waals surface area contributed by atoms with Crippen LogP contribution in [0, 0.1) is 13.8 Å². The summed E-state index contributed by atoms with van der Waals surface area (Å²) in [5, 5.41) is 14.4. The van der Waals surface area contributed by atoms with Crippen LogP contribution in [0.1, 0.15) is 30.7 Å². The zero-order valence-electron chi connectivity index (χ0n) is 17.6. The van der Waals surface area contributed by atoms with Crippen LogP contribution >= 0.6 is 0 Å². The molecule has 0 spiro atoms. The number of phenols is 1. The van der Waals surface area contributed by atoms with E-state index in [0.29, 0.717) is 51.4 Å². The molecule has 2 aliphatic rings. The maximum absolute atomic E-state index is 10.7. The van der Waals surface area contributed by atoms with Gasteiger partial charge in [0, 0.05) is 43.2 Å². The number of oxazole rings is 1. The van der Waals surface area contributed by atoms with E-state index in [1.54, 1.807) is 19.2 Å². The number of rotatable bonds is 4. The monoisotopic (exact) mass is 416 g/mol. The number of nitrogens with zero attached hydrogens (tertiary/aromatic N) is 5. The summed E-state index contributed by atoms with van der Waals surface area (Å²) in [6.07, 6.45) is 5.49. The fraction of sp³-hybridized carbons (Fsp3) is 0.391. The van der Waals surface area contributed by atoms with Crippen LogP contribution in [0.5, 0.6) is 5.75 Å². The van der Waals surface area contributed by atoms with E-state index < -0.39 is 0 Å². The summed E-state index contributed by atoms with van der Waals surface area (Å²) in [5.41, 5.74) is 4.74. The van der Waals surface area contributed by atoms with Crippen molar-refractivity contribution < 1.29 is 9.52 Å². The molecule has 8 nitrogen and oxygen atoms in total. The summed E-state index contributed by atoms with van der Waals surface area (Å²) < 4.78 is 5.68. The molecule has 2 fully saturated rings. The molecule has 31 heavy (non-hydrogen) atoms. The Kier molecular flexibility index (Phi) is 4.11. The number of pyridine rings is 1. The third-order valence-corrected chi connectivity index (χ3v) is 6.22. The van der Waals surface area contributed by atoms with Crippen LogP contribution in [0.4, 0.5) is 5.95 Å². The number of anilines is 1. The molecule has 1 unspecified atom stereocenters. The lowest BCUT2D eigenvalue weighted by Crippen LogP contribution is -2.34. The quantitative estimate of drug-likeness (QED) is 0.522. The minimum Gasteiger partial charge on any atom is -0.507 e. The number of aryl methyl sites for hydroxylation is 2. The molecule has 1 aliphatic carbocycles. The highest BCUT2D eigenvalue weighted by Gasteiger charge is 2.30. The molecule has 1 saturated carbocycles. The number of phenolic OH excluding ortho intramolecular Hbond substituents is 1. The number of hydrogen-bond donors (Lipinski definition) is 2. The minimum absolute atomic E-state index is 0.163. The Hall–Kier alpha value is -3.26. The van der Waals surface area contributed by atoms with E-state index in [0.717, 1.165) is 31.0 Å². The molecule has 0 bridgehead atoms. The summed E-state index contributed by atoms with van der Waals surface area (Å²) in [7, 11) is 0. The van der Waals surface area contributed by atoms with Crippen molar-refractivity contribution in [1.29, 1.82) is 0 Å². The Morgan fingerprint density at radius 2 is 1.94 bits per heavy atom. The van der Waals surface area contributed by atoms with Crippen molar-refractivity contribution in [3.8, 4) is 17.0 Å². The lowest BCUT2D eigenvalue weighted by atomic mass is 10.0. The van der Waals surface area contributed by atoms with Crippen molar-refractivity contribution in [2.45, 2.75) is 45.2 Å². The van der Waals surface area contributed by atoms with Crippen LogP contribution < -0.4 is 10.2 Å². The van der Waals surface area contributed by atoms with Gasteiger partial charge in [-0.05, 0) is 44.4 Å². The predicted octanol–water partition coefficient (Wildman–Crippen LogP) is 3.49. The van der Waals surface area contributed by atoms with Crippen molar-refractivity contribution in [2.75, 3.05) is 18.0 Å². The molecule has 8 heteroatoms. The maximum atomic E-state index is 10.7. The highest BCUT2D eigenvalue weighted by Crippen LogP contribution is 2.37. The zero-order valence-corrected chi connectivity index (χ0v) is 17.6. The lowest BCUT2D eigenvalue weighted by Gasteiger charge is -2.17. The number of nitrogens with one attached hydrogen (secondary N) is 1. The number of fused-ring (bicyclic) bond motifs is 2. The number of aromatic hydroxyl groups is 1. The second kappa shape index (κ2) is 6.88. The van der Waals surface area contributed by atoms with Crippen LogP contribution in [0.15, 0.2) is 28.8 Å². The molecule has 1 aliphatic heterocycles. The molecule has 4 aromatic rings. The number of benzene rings is 1. The Morgan fingerprint density at radius 3 is 2.77 bits per heavy atom. The van der Waals surface area contributed by atoms with Gasteiger partial charge in [0.15, 0.2) is 11.5 Å². The predicted molar refractivity (Wildman–Crippen MR) is 118 cm³/mol. The van der Waals surface area contributed by atoms with Crippen LogP contribution in [-0.2, 0) is 0 Å². The molecule has 3 aromatic heterocycles. The first-order valence-corrected chi connectivity index (χ1v) is 10.8. The smallest absolute Gasteiger partial charge is 0.226 e. The maximum Gasteiger partial charge on any atom is 0.226 e. The molecule has 6 rings (SSSR count). The first-order chi connectivity index (χ1) is 15.0. The van der Waals surface area contributed by atoms with Gasteiger partial charge < -0.3 is 19.7 Å². The molecule has 1 aromatic carbocycles. The van der Waals surface area contributed by atoms with Gasteiger partial charge in [0.25, 0.3) is 0 Å². The molecule has 2 N–H and O–H groups in total. The summed E-state index contributed by atoms with van der Waals surface area (Å²) in [6.45, 7) is 5.54. The van der Waals surface area contributed by atoms with E-state index in [1.807, 2.05) is 19.1 Å². The molecule has 0 radical (unpaired) electrons. The molecule has 4 heterocycles. The van der Waals surface area contributed by atoms with Crippen molar-refractivity contribution in [1.82, 2.24) is 25.3 Å². The van der Waals surface area contributed by atoms with Gasteiger partial charge in [-0.1, -0.05) is 0 Å². The number of hydrogen-bond acceptors (Lipinski definition) is 8. The average Bonchev–Trinajstić information content (AvgIpc) is 3.32. The molecule has 1 saturated heterocycles. The third kappa shape index (κ3) is 3.27. The first kappa shape index (κ1) is 18.5. The largest absolute Gasteiger partial charge is 0.507 e. The van der Waals surface area contributed by atoms with E-state index in [4.69, 9.17) is 14.4 Å². The van der Waals surface area contributed by atoms with Crippen molar-refractivity contribution in [3.05, 3.63) is 35.9 Å². The van der Waals surface area contributed by atoms with E-state index in [-0.39, 0.29) is 5.75 Å². The average molecular weight is 416 g/mol. The fourth-order valence-electron chi connectivity index (χ4n) is 4.39. The first-order valence-electron chi connectivity index (χ1n) is 10.8. The van der Waals surface area contributed by atoms with Crippen molar-refractivity contribution in [3.63, 3.8) is 0 Å². The second-order valence-electron chi connectivity index (χ2n) is 8.62. The van der Waals surface area contributed by atoms with E-state index in [2.05, 4.69) is 20.2 Å². The van der Waals surface area contributed by atoms with Crippen LogP contribution in [0.25, 0.3) is 33.4 Å². The van der Waals surface area contributed by atoms with Gasteiger partial charge in [-0.2, -0.15) is 0 Å². The highest BCUT2D eigenvalue weighted by molar-refractivity contribution is 5.89. The lowest BCUT2D eigenvalue weighted by molar-refractivity contribution is 0.473. The molecular weight excluding hydrogens is 392 g/mol. The minimum atomic E-state index is 0.163. The van der Waals surface area contributed by atoms with Gasteiger partial charge in [-0.15, -0.1) is 0 Å². The normalized spacial score (nSPS) is 19.0. The summed E-state index contributed by atoms with van der Waals surface area (Å²) in [6, 6.07) is 6.84. The molecule has 0 amide bonds. The Balaban J connectivity index is 1.32. The molecular formula is C23H24N6O2. The zero-order chi connectivity index (χ0) is 21.1. The van der Waals surface area contributed by atoms with E-state index in [1.165, 1.54) is 12.8 Å².